The number of fused-ring (bicyclic) bond motifs is 1. The average molecular weight is 510 g/mol. The van der Waals surface area contributed by atoms with Crippen molar-refractivity contribution in [3.05, 3.63) is 82.2 Å². The second-order valence-electron chi connectivity index (χ2n) is 8.83. The van der Waals surface area contributed by atoms with Crippen LogP contribution in [0.2, 0.25) is 5.02 Å². The van der Waals surface area contributed by atoms with Crippen molar-refractivity contribution in [2.75, 3.05) is 32.9 Å². The van der Waals surface area contributed by atoms with E-state index in [0.29, 0.717) is 22.1 Å². The standard InChI is InChI=1S/C28H25ClFNO3S/c29-21-6-2-20(3-7-21)27(33)28-26(24-11-8-22(32)14-25(24)35-28)19-4-9-23(10-5-19)34-13-1-12-31-16-18(15-30)17-31/h2-11,14,18,32H,1,12-13,15-17H2. The van der Waals surface area contributed by atoms with Crippen molar-refractivity contribution in [3.8, 4) is 22.6 Å². The van der Waals surface area contributed by atoms with Crippen LogP contribution < -0.4 is 4.74 Å². The Morgan fingerprint density at radius 3 is 2.54 bits per heavy atom. The average Bonchev–Trinajstić information content (AvgIpc) is 3.21. The van der Waals surface area contributed by atoms with Gasteiger partial charge in [-0.2, -0.15) is 0 Å². The molecule has 0 spiro atoms. The largest absolute Gasteiger partial charge is 0.508 e. The number of carbonyl (C=O) groups is 1. The Morgan fingerprint density at radius 2 is 1.83 bits per heavy atom. The highest BCUT2D eigenvalue weighted by Crippen LogP contribution is 2.41. The lowest BCUT2D eigenvalue weighted by Gasteiger charge is -2.37. The molecule has 4 aromatic rings. The third-order valence-electron chi connectivity index (χ3n) is 6.27. The molecule has 0 amide bonds. The molecule has 1 saturated heterocycles. The monoisotopic (exact) mass is 509 g/mol. The Bertz CT molecular complexity index is 1330. The zero-order chi connectivity index (χ0) is 24.4. The maximum atomic E-state index is 13.4. The number of benzene rings is 3. The number of phenolic OH excluding ortho intramolecular Hbond substituents is 1. The fourth-order valence-corrected chi connectivity index (χ4v) is 5.76. The molecule has 1 aliphatic heterocycles. The molecule has 1 aromatic heterocycles. The smallest absolute Gasteiger partial charge is 0.203 e. The quantitative estimate of drug-likeness (QED) is 0.198. The highest BCUT2D eigenvalue weighted by atomic mass is 35.5. The molecular weight excluding hydrogens is 485 g/mol. The van der Waals surface area contributed by atoms with Gasteiger partial charge in [-0.1, -0.05) is 23.7 Å². The number of hydrogen-bond donors (Lipinski definition) is 1. The van der Waals surface area contributed by atoms with E-state index in [1.54, 1.807) is 36.4 Å². The van der Waals surface area contributed by atoms with E-state index >= 15 is 0 Å². The van der Waals surface area contributed by atoms with Crippen molar-refractivity contribution in [2.45, 2.75) is 6.42 Å². The third kappa shape index (κ3) is 5.20. The van der Waals surface area contributed by atoms with Gasteiger partial charge in [-0.25, -0.2) is 0 Å². The fraction of sp³-hybridized carbons (Fsp3) is 0.250. The lowest BCUT2D eigenvalue weighted by atomic mass is 9.98. The minimum Gasteiger partial charge on any atom is -0.508 e. The summed E-state index contributed by atoms with van der Waals surface area (Å²) in [5.41, 5.74) is 2.31. The van der Waals surface area contributed by atoms with Crippen LogP contribution in [-0.2, 0) is 0 Å². The molecule has 1 aliphatic rings. The number of hydrogen-bond acceptors (Lipinski definition) is 5. The van der Waals surface area contributed by atoms with Gasteiger partial charge in [-0.05, 0) is 66.6 Å². The van der Waals surface area contributed by atoms with Gasteiger partial charge in [0.1, 0.15) is 11.5 Å². The van der Waals surface area contributed by atoms with Crippen LogP contribution in [0.5, 0.6) is 11.5 Å². The Balaban J connectivity index is 1.35. The zero-order valence-electron chi connectivity index (χ0n) is 19.0. The maximum absolute atomic E-state index is 13.4. The molecule has 5 rings (SSSR count). The number of nitrogens with zero attached hydrogens (tertiary/aromatic N) is 1. The topological polar surface area (TPSA) is 49.8 Å². The number of ether oxygens (including phenoxy) is 1. The van der Waals surface area contributed by atoms with Gasteiger partial charge in [0, 0.05) is 51.8 Å². The first kappa shape index (κ1) is 23.8. The molecule has 0 saturated carbocycles. The molecule has 0 unspecified atom stereocenters. The molecule has 1 fully saturated rings. The normalized spacial score (nSPS) is 14.2. The summed E-state index contributed by atoms with van der Waals surface area (Å²) < 4.78 is 19.3. The fourth-order valence-electron chi connectivity index (χ4n) is 4.42. The molecule has 180 valence electrons. The molecule has 0 aliphatic carbocycles. The van der Waals surface area contributed by atoms with E-state index in [1.165, 1.54) is 11.3 Å². The van der Waals surface area contributed by atoms with Gasteiger partial charge in [0.15, 0.2) is 0 Å². The van der Waals surface area contributed by atoms with Gasteiger partial charge in [-0.3, -0.25) is 9.18 Å². The summed E-state index contributed by atoms with van der Waals surface area (Å²) in [6.07, 6.45) is 0.888. The van der Waals surface area contributed by atoms with Crippen LogP contribution in [0.15, 0.2) is 66.7 Å². The van der Waals surface area contributed by atoms with E-state index in [9.17, 15) is 14.3 Å². The Hall–Kier alpha value is -2.93. The van der Waals surface area contributed by atoms with Crippen molar-refractivity contribution in [3.63, 3.8) is 0 Å². The van der Waals surface area contributed by atoms with Crippen LogP contribution in [0.4, 0.5) is 4.39 Å². The highest BCUT2D eigenvalue weighted by molar-refractivity contribution is 7.21. The van der Waals surface area contributed by atoms with Gasteiger partial charge in [0.05, 0.1) is 18.2 Å². The van der Waals surface area contributed by atoms with Crippen LogP contribution in [0, 0.1) is 5.92 Å². The molecule has 35 heavy (non-hydrogen) atoms. The van der Waals surface area contributed by atoms with E-state index in [1.807, 2.05) is 30.3 Å². The lowest BCUT2D eigenvalue weighted by Crippen LogP contribution is -2.48. The predicted molar refractivity (Wildman–Crippen MR) is 140 cm³/mol. The molecule has 1 N–H and O–H groups in total. The van der Waals surface area contributed by atoms with Gasteiger partial charge < -0.3 is 14.7 Å². The molecule has 2 heterocycles. The van der Waals surface area contributed by atoms with E-state index in [4.69, 9.17) is 16.3 Å². The first-order valence-electron chi connectivity index (χ1n) is 11.6. The molecule has 4 nitrogen and oxygen atoms in total. The van der Waals surface area contributed by atoms with Gasteiger partial charge in [0.25, 0.3) is 0 Å². The van der Waals surface area contributed by atoms with Crippen LogP contribution >= 0.6 is 22.9 Å². The number of ketones is 1. The summed E-state index contributed by atoms with van der Waals surface area (Å²) in [5, 5.41) is 11.5. The number of alkyl halides is 1. The van der Waals surface area contributed by atoms with E-state index in [2.05, 4.69) is 4.90 Å². The van der Waals surface area contributed by atoms with Gasteiger partial charge >= 0.3 is 0 Å². The number of thiophene rings is 1. The van der Waals surface area contributed by atoms with Gasteiger partial charge in [0.2, 0.25) is 5.78 Å². The van der Waals surface area contributed by atoms with E-state index in [0.717, 1.165) is 53.0 Å². The zero-order valence-corrected chi connectivity index (χ0v) is 20.6. The predicted octanol–water partition coefficient (Wildman–Crippen LogP) is 6.83. The second kappa shape index (κ2) is 10.4. The Kier molecular flexibility index (Phi) is 7.04. The Morgan fingerprint density at radius 1 is 1.09 bits per heavy atom. The van der Waals surface area contributed by atoms with Crippen molar-refractivity contribution in [1.29, 1.82) is 0 Å². The Labute approximate surface area is 212 Å². The molecule has 7 heteroatoms. The second-order valence-corrected chi connectivity index (χ2v) is 10.3. The summed E-state index contributed by atoms with van der Waals surface area (Å²) in [5.74, 6) is 1.05. The molecule has 0 radical (unpaired) electrons. The SMILES string of the molecule is O=C(c1ccc(Cl)cc1)c1sc2cc(O)ccc2c1-c1ccc(OCCCN2CC(CF)C2)cc1. The van der Waals surface area contributed by atoms with Crippen LogP contribution in [0.25, 0.3) is 21.2 Å². The molecular formula is C28H25ClFNO3S. The highest BCUT2D eigenvalue weighted by Gasteiger charge is 2.25. The van der Waals surface area contributed by atoms with Crippen molar-refractivity contribution in [2.24, 2.45) is 5.92 Å². The molecule has 3 aromatic carbocycles. The van der Waals surface area contributed by atoms with Crippen LogP contribution in [0.1, 0.15) is 21.7 Å². The first-order valence-corrected chi connectivity index (χ1v) is 12.8. The van der Waals surface area contributed by atoms with Crippen molar-refractivity contribution < 1.29 is 19.0 Å². The minimum absolute atomic E-state index is 0.0846. The molecule has 0 bridgehead atoms. The van der Waals surface area contributed by atoms with E-state index < -0.39 is 0 Å². The summed E-state index contributed by atoms with van der Waals surface area (Å²) in [6, 6.07) is 19.8. The number of likely N-dealkylation sites (tertiary alicyclic amines) is 1. The van der Waals surface area contributed by atoms with Crippen molar-refractivity contribution in [1.82, 2.24) is 4.90 Å². The number of halogens is 2. The summed E-state index contributed by atoms with van der Waals surface area (Å²) in [4.78, 5) is 16.3. The number of aromatic hydroxyl groups is 1. The summed E-state index contributed by atoms with van der Waals surface area (Å²) >= 11 is 7.38. The lowest BCUT2D eigenvalue weighted by molar-refractivity contribution is 0.0755. The van der Waals surface area contributed by atoms with Crippen LogP contribution in [-0.4, -0.2) is 48.7 Å². The number of rotatable bonds is 9. The number of phenols is 1. The maximum Gasteiger partial charge on any atom is 0.203 e. The van der Waals surface area contributed by atoms with Gasteiger partial charge in [-0.15, -0.1) is 11.3 Å². The first-order chi connectivity index (χ1) is 17.0. The minimum atomic E-state index is -0.229. The third-order valence-corrected chi connectivity index (χ3v) is 7.67. The molecule has 0 atom stereocenters. The summed E-state index contributed by atoms with van der Waals surface area (Å²) in [7, 11) is 0. The van der Waals surface area contributed by atoms with Crippen molar-refractivity contribution >= 4 is 38.8 Å². The van der Waals surface area contributed by atoms with E-state index in [-0.39, 0.29) is 24.1 Å². The number of carbonyl (C=O) groups excluding carboxylic acids is 1. The summed E-state index contributed by atoms with van der Waals surface area (Å²) in [6.45, 7) is 2.96. The van der Waals surface area contributed by atoms with Crippen LogP contribution in [0.3, 0.4) is 0 Å².